The third-order valence-electron chi connectivity index (χ3n) is 14.6. The molecule has 7 heteroatoms. The Kier molecular flexibility index (Phi) is 7.55. The van der Waals surface area contributed by atoms with E-state index in [0.29, 0.717) is 11.8 Å². The average molecular weight is 603 g/mol. The highest BCUT2D eigenvalue weighted by atomic mass is 16.7. The molecule has 43 heavy (non-hydrogen) atoms. The van der Waals surface area contributed by atoms with E-state index in [0.717, 1.165) is 51.4 Å². The Hall–Kier alpha value is -0.800. The standard InChI is InChI=1S/C36H58O7/c1-31(2)17-21-20-9-10-24-34(6)13-12-26(43-30-29(41)28(40)27(39)22(19-37)42-30)32(3,4)23(34)11-14-36(24,8)35(20,7)16-15-33(21,5)25(38)18-31/h9-10,22-30,37-41H,11-19H2,1-8H3. The molecule has 13 atom stereocenters. The van der Waals surface area contributed by atoms with Gasteiger partial charge in [-0.1, -0.05) is 73.1 Å². The highest BCUT2D eigenvalue weighted by molar-refractivity contribution is 5.46. The van der Waals surface area contributed by atoms with E-state index in [1.165, 1.54) is 11.1 Å². The van der Waals surface area contributed by atoms with Crippen LogP contribution < -0.4 is 0 Å². The summed E-state index contributed by atoms with van der Waals surface area (Å²) in [5.74, 6) is 0.792. The Morgan fingerprint density at radius 3 is 2.23 bits per heavy atom. The predicted octanol–water partition coefficient (Wildman–Crippen LogP) is 4.88. The van der Waals surface area contributed by atoms with Gasteiger partial charge in [0, 0.05) is 5.41 Å². The van der Waals surface area contributed by atoms with Crippen LogP contribution in [0.1, 0.15) is 107 Å². The highest BCUT2D eigenvalue weighted by Crippen LogP contribution is 2.74. The lowest BCUT2D eigenvalue weighted by atomic mass is 9.35. The summed E-state index contributed by atoms with van der Waals surface area (Å²) in [4.78, 5) is 0. The Labute approximate surface area is 258 Å². The van der Waals surface area contributed by atoms with Crippen molar-refractivity contribution in [2.45, 2.75) is 150 Å². The number of hydrogen-bond donors (Lipinski definition) is 5. The first-order valence-corrected chi connectivity index (χ1v) is 16.9. The smallest absolute Gasteiger partial charge is 0.186 e. The van der Waals surface area contributed by atoms with Crippen LogP contribution >= 0.6 is 0 Å². The predicted molar refractivity (Wildman–Crippen MR) is 165 cm³/mol. The van der Waals surface area contributed by atoms with Crippen LogP contribution in [-0.4, -0.2) is 75.1 Å². The molecule has 0 spiro atoms. The molecule has 0 amide bonds. The lowest BCUT2D eigenvalue weighted by molar-refractivity contribution is -0.329. The van der Waals surface area contributed by atoms with Gasteiger partial charge in [0.25, 0.3) is 0 Å². The zero-order chi connectivity index (χ0) is 31.5. The number of aliphatic hydroxyl groups excluding tert-OH is 5. The molecule has 0 aromatic carbocycles. The monoisotopic (exact) mass is 602 g/mol. The fraction of sp³-hybridized carbons (Fsp3) is 0.889. The minimum Gasteiger partial charge on any atom is -0.394 e. The number of fused-ring (bicyclic) bond motifs is 6. The zero-order valence-corrected chi connectivity index (χ0v) is 27.8. The van der Waals surface area contributed by atoms with Crippen molar-refractivity contribution in [1.82, 2.24) is 0 Å². The molecule has 5 aliphatic carbocycles. The van der Waals surface area contributed by atoms with Gasteiger partial charge in [-0.3, -0.25) is 0 Å². The Balaban J connectivity index is 1.32. The molecule has 7 nitrogen and oxygen atoms in total. The van der Waals surface area contributed by atoms with Crippen molar-refractivity contribution >= 4 is 0 Å². The van der Waals surface area contributed by atoms with Crippen LogP contribution in [0.3, 0.4) is 0 Å². The SMILES string of the molecule is CC1(C)CC2=C3C=CC4C5(C)CCC(OC6OC(CO)C(O)C(O)C6O)C(C)(C)C5CCC4(C)C3(C)CCC2(C)C(O)C1. The van der Waals surface area contributed by atoms with E-state index in [2.05, 4.69) is 67.5 Å². The molecule has 4 fully saturated rings. The highest BCUT2D eigenvalue weighted by Gasteiger charge is 2.67. The Bertz CT molecular complexity index is 1170. The van der Waals surface area contributed by atoms with Crippen LogP contribution in [-0.2, 0) is 9.47 Å². The summed E-state index contributed by atoms with van der Waals surface area (Å²) < 4.78 is 12.2. The van der Waals surface area contributed by atoms with Crippen molar-refractivity contribution in [2.24, 2.45) is 44.3 Å². The van der Waals surface area contributed by atoms with Crippen molar-refractivity contribution in [3.8, 4) is 0 Å². The van der Waals surface area contributed by atoms with Crippen LogP contribution in [0.2, 0.25) is 0 Å². The summed E-state index contributed by atoms with van der Waals surface area (Å²) in [6.45, 7) is 18.6. The number of hydrogen-bond acceptors (Lipinski definition) is 7. The molecule has 0 bridgehead atoms. The number of rotatable bonds is 3. The minimum absolute atomic E-state index is 0.0518. The van der Waals surface area contributed by atoms with Crippen LogP contribution in [0.25, 0.3) is 0 Å². The Morgan fingerprint density at radius 2 is 1.56 bits per heavy atom. The largest absolute Gasteiger partial charge is 0.394 e. The maximum absolute atomic E-state index is 11.4. The zero-order valence-electron chi connectivity index (χ0n) is 27.8. The number of aliphatic hydroxyl groups is 5. The molecule has 6 aliphatic rings. The van der Waals surface area contributed by atoms with Gasteiger partial charge >= 0.3 is 0 Å². The van der Waals surface area contributed by atoms with Gasteiger partial charge in [-0.15, -0.1) is 0 Å². The van der Waals surface area contributed by atoms with Gasteiger partial charge < -0.3 is 35.0 Å². The number of allylic oxidation sites excluding steroid dienone is 3. The van der Waals surface area contributed by atoms with Crippen LogP contribution in [0.15, 0.2) is 23.3 Å². The molecule has 0 radical (unpaired) electrons. The summed E-state index contributed by atoms with van der Waals surface area (Å²) >= 11 is 0. The molecule has 0 aromatic heterocycles. The molecule has 6 rings (SSSR count). The van der Waals surface area contributed by atoms with Gasteiger partial charge in [-0.2, -0.15) is 0 Å². The summed E-state index contributed by atoms with van der Waals surface area (Å²) in [6, 6.07) is 0. The second-order valence-corrected chi connectivity index (χ2v) is 17.7. The average Bonchev–Trinajstić information content (AvgIpc) is 2.92. The van der Waals surface area contributed by atoms with Crippen LogP contribution in [0.5, 0.6) is 0 Å². The molecule has 5 N–H and O–H groups in total. The van der Waals surface area contributed by atoms with E-state index in [-0.39, 0.29) is 44.7 Å². The molecular formula is C36H58O7. The lowest BCUT2D eigenvalue weighted by Crippen LogP contribution is -2.65. The lowest BCUT2D eigenvalue weighted by Gasteiger charge is -2.70. The molecule has 13 unspecified atom stereocenters. The maximum Gasteiger partial charge on any atom is 0.186 e. The van der Waals surface area contributed by atoms with Crippen molar-refractivity contribution < 1.29 is 35.0 Å². The van der Waals surface area contributed by atoms with Gasteiger partial charge in [-0.25, -0.2) is 0 Å². The van der Waals surface area contributed by atoms with E-state index < -0.39 is 37.3 Å². The van der Waals surface area contributed by atoms with Crippen LogP contribution in [0, 0.1) is 44.3 Å². The molecule has 3 saturated carbocycles. The molecule has 244 valence electrons. The Morgan fingerprint density at radius 1 is 0.860 bits per heavy atom. The third-order valence-corrected chi connectivity index (χ3v) is 14.6. The number of ether oxygens (including phenoxy) is 2. The second-order valence-electron chi connectivity index (χ2n) is 17.7. The third kappa shape index (κ3) is 4.38. The molecule has 1 aliphatic heterocycles. The van der Waals surface area contributed by atoms with E-state index >= 15 is 0 Å². The molecule has 1 heterocycles. The van der Waals surface area contributed by atoms with E-state index in [9.17, 15) is 25.5 Å². The topological polar surface area (TPSA) is 120 Å². The summed E-state index contributed by atoms with van der Waals surface area (Å²) in [5, 5.41) is 52.4. The second kappa shape index (κ2) is 10.1. The van der Waals surface area contributed by atoms with Gasteiger partial charge in [0.15, 0.2) is 6.29 Å². The fourth-order valence-electron chi connectivity index (χ4n) is 11.6. The van der Waals surface area contributed by atoms with Crippen molar-refractivity contribution in [1.29, 1.82) is 0 Å². The first-order chi connectivity index (χ1) is 19.9. The first kappa shape index (κ1) is 32.2. The van der Waals surface area contributed by atoms with E-state index in [1.807, 2.05) is 0 Å². The van der Waals surface area contributed by atoms with Gasteiger partial charge in [0.2, 0.25) is 0 Å². The summed E-state index contributed by atoms with van der Waals surface area (Å²) in [5.41, 5.74) is 2.97. The van der Waals surface area contributed by atoms with E-state index in [4.69, 9.17) is 9.47 Å². The fourth-order valence-corrected chi connectivity index (χ4v) is 11.6. The maximum atomic E-state index is 11.4. The van der Waals surface area contributed by atoms with Crippen molar-refractivity contribution in [2.75, 3.05) is 6.61 Å². The van der Waals surface area contributed by atoms with E-state index in [1.54, 1.807) is 0 Å². The molecule has 0 aromatic rings. The quantitative estimate of drug-likeness (QED) is 0.292. The van der Waals surface area contributed by atoms with Crippen molar-refractivity contribution in [3.05, 3.63) is 23.3 Å². The minimum atomic E-state index is -1.44. The first-order valence-electron chi connectivity index (χ1n) is 16.9. The molecule has 1 saturated heterocycles. The van der Waals surface area contributed by atoms with Crippen molar-refractivity contribution in [3.63, 3.8) is 0 Å². The summed E-state index contributed by atoms with van der Waals surface area (Å²) in [7, 11) is 0. The summed E-state index contributed by atoms with van der Waals surface area (Å²) in [6.07, 6.45) is 6.30. The normalized spacial score (nSPS) is 53.8. The van der Waals surface area contributed by atoms with Gasteiger partial charge in [0.1, 0.15) is 24.4 Å². The van der Waals surface area contributed by atoms with Gasteiger partial charge in [0.05, 0.1) is 18.8 Å². The molecular weight excluding hydrogens is 544 g/mol. The van der Waals surface area contributed by atoms with Crippen LogP contribution in [0.4, 0.5) is 0 Å². The van der Waals surface area contributed by atoms with Gasteiger partial charge in [-0.05, 0) is 95.9 Å².